The number of nitro groups is 1. The van der Waals surface area contributed by atoms with Crippen LogP contribution in [0.1, 0.15) is 25.5 Å². The zero-order chi connectivity index (χ0) is 14.5. The molecule has 0 amide bonds. The van der Waals surface area contributed by atoms with Crippen LogP contribution in [-0.2, 0) is 6.54 Å². The molecule has 0 saturated carbocycles. The summed E-state index contributed by atoms with van der Waals surface area (Å²) in [6.07, 6.45) is 3.63. The molecule has 0 saturated heterocycles. The maximum Gasteiger partial charge on any atom is 0.274 e. The van der Waals surface area contributed by atoms with Crippen molar-refractivity contribution >= 4 is 5.69 Å². The molecule has 6 heteroatoms. The number of nitro benzene ring substituents is 1. The molecule has 2 unspecified atom stereocenters. The van der Waals surface area contributed by atoms with Crippen LogP contribution in [0.3, 0.4) is 0 Å². The van der Waals surface area contributed by atoms with Gasteiger partial charge in [0.25, 0.3) is 5.69 Å². The summed E-state index contributed by atoms with van der Waals surface area (Å²) in [5.41, 5.74) is 0.851. The van der Waals surface area contributed by atoms with E-state index in [-0.39, 0.29) is 22.7 Å². The zero-order valence-corrected chi connectivity index (χ0v) is 11.6. The van der Waals surface area contributed by atoms with Crippen molar-refractivity contribution in [2.24, 2.45) is 0 Å². The maximum absolute atomic E-state index is 11.0. The molecule has 2 aromatic rings. The van der Waals surface area contributed by atoms with Gasteiger partial charge in [-0.3, -0.25) is 14.8 Å². The Bertz CT molecular complexity index is 568. The molecule has 1 aromatic heterocycles. The van der Waals surface area contributed by atoms with Crippen molar-refractivity contribution in [2.45, 2.75) is 32.5 Å². The molecule has 1 aromatic carbocycles. The lowest BCUT2D eigenvalue weighted by Gasteiger charge is -2.20. The minimum absolute atomic E-state index is 0.0952. The molecule has 20 heavy (non-hydrogen) atoms. The molecule has 0 bridgehead atoms. The standard InChI is InChI=1S/C14H18N4O2/c1-11(10-17-9-5-8-15-17)16-12(2)13-6-3-4-7-14(13)18(19)20/h3-9,11-12,16H,10H2,1-2H3. The van der Waals surface area contributed by atoms with Crippen LogP contribution in [-0.4, -0.2) is 20.7 Å². The van der Waals surface area contributed by atoms with E-state index in [1.54, 1.807) is 18.3 Å². The number of aromatic nitrogens is 2. The van der Waals surface area contributed by atoms with Crippen LogP contribution in [0.2, 0.25) is 0 Å². The van der Waals surface area contributed by atoms with Gasteiger partial charge in [-0.2, -0.15) is 5.10 Å². The SMILES string of the molecule is CC(Cn1cccn1)NC(C)c1ccccc1[N+](=O)[O-]. The van der Waals surface area contributed by atoms with Crippen molar-refractivity contribution in [1.82, 2.24) is 15.1 Å². The average Bonchev–Trinajstić information content (AvgIpc) is 2.91. The summed E-state index contributed by atoms with van der Waals surface area (Å²) in [4.78, 5) is 10.7. The van der Waals surface area contributed by atoms with Crippen LogP contribution in [0.25, 0.3) is 0 Å². The van der Waals surface area contributed by atoms with Crippen LogP contribution in [0.5, 0.6) is 0 Å². The number of hydrogen-bond acceptors (Lipinski definition) is 4. The minimum atomic E-state index is -0.342. The second kappa shape index (κ2) is 6.29. The van der Waals surface area contributed by atoms with Crippen molar-refractivity contribution in [3.8, 4) is 0 Å². The largest absolute Gasteiger partial charge is 0.306 e. The molecule has 1 heterocycles. The Morgan fingerprint density at radius 3 is 2.75 bits per heavy atom. The van der Waals surface area contributed by atoms with Crippen molar-refractivity contribution in [3.63, 3.8) is 0 Å². The fourth-order valence-corrected chi connectivity index (χ4v) is 2.28. The summed E-state index contributed by atoms with van der Waals surface area (Å²) in [6.45, 7) is 4.69. The fraction of sp³-hybridized carbons (Fsp3) is 0.357. The summed E-state index contributed by atoms with van der Waals surface area (Å²) in [5, 5.41) is 18.5. The quantitative estimate of drug-likeness (QED) is 0.649. The van der Waals surface area contributed by atoms with Gasteiger partial charge in [-0.1, -0.05) is 18.2 Å². The normalized spacial score (nSPS) is 13.9. The molecule has 0 spiro atoms. The second-order valence-corrected chi connectivity index (χ2v) is 4.83. The van der Waals surface area contributed by atoms with E-state index >= 15 is 0 Å². The highest BCUT2D eigenvalue weighted by Crippen LogP contribution is 2.24. The first kappa shape index (κ1) is 14.2. The van der Waals surface area contributed by atoms with Gasteiger partial charge in [0.05, 0.1) is 11.5 Å². The van der Waals surface area contributed by atoms with Crippen molar-refractivity contribution in [1.29, 1.82) is 0 Å². The van der Waals surface area contributed by atoms with E-state index < -0.39 is 0 Å². The van der Waals surface area contributed by atoms with Crippen LogP contribution in [0.4, 0.5) is 5.69 Å². The van der Waals surface area contributed by atoms with Crippen molar-refractivity contribution in [2.75, 3.05) is 0 Å². The Labute approximate surface area is 117 Å². The molecular formula is C14H18N4O2. The van der Waals surface area contributed by atoms with Crippen LogP contribution in [0, 0.1) is 10.1 Å². The monoisotopic (exact) mass is 274 g/mol. The molecular weight excluding hydrogens is 256 g/mol. The number of para-hydroxylation sites is 1. The molecule has 0 radical (unpaired) electrons. The van der Waals surface area contributed by atoms with Crippen LogP contribution >= 0.6 is 0 Å². The molecule has 0 aliphatic heterocycles. The second-order valence-electron chi connectivity index (χ2n) is 4.83. The van der Waals surface area contributed by atoms with E-state index in [0.717, 1.165) is 6.54 Å². The number of nitrogens with one attached hydrogen (secondary N) is 1. The highest BCUT2D eigenvalue weighted by molar-refractivity contribution is 5.41. The number of hydrogen-bond donors (Lipinski definition) is 1. The topological polar surface area (TPSA) is 73.0 Å². The first-order chi connectivity index (χ1) is 9.58. The van der Waals surface area contributed by atoms with E-state index in [1.165, 1.54) is 6.07 Å². The Kier molecular flexibility index (Phi) is 4.47. The highest BCUT2D eigenvalue weighted by atomic mass is 16.6. The molecule has 0 aliphatic rings. The molecule has 2 rings (SSSR count). The third-order valence-electron chi connectivity index (χ3n) is 3.15. The summed E-state index contributed by atoms with van der Waals surface area (Å²) >= 11 is 0. The molecule has 0 fully saturated rings. The van der Waals surface area contributed by atoms with E-state index in [4.69, 9.17) is 0 Å². The summed E-state index contributed by atoms with van der Waals surface area (Å²) in [5.74, 6) is 0. The minimum Gasteiger partial charge on any atom is -0.306 e. The molecule has 2 atom stereocenters. The third kappa shape index (κ3) is 3.42. The first-order valence-electron chi connectivity index (χ1n) is 6.54. The maximum atomic E-state index is 11.0. The Balaban J connectivity index is 2.04. The molecule has 0 aliphatic carbocycles. The van der Waals surface area contributed by atoms with Gasteiger partial charge in [0.2, 0.25) is 0 Å². The van der Waals surface area contributed by atoms with Gasteiger partial charge in [0, 0.05) is 36.1 Å². The van der Waals surface area contributed by atoms with Crippen molar-refractivity contribution in [3.05, 3.63) is 58.4 Å². The smallest absolute Gasteiger partial charge is 0.274 e. The van der Waals surface area contributed by atoms with Gasteiger partial charge in [-0.25, -0.2) is 0 Å². The zero-order valence-electron chi connectivity index (χ0n) is 11.6. The number of benzene rings is 1. The third-order valence-corrected chi connectivity index (χ3v) is 3.15. The summed E-state index contributed by atoms with van der Waals surface area (Å²) in [6, 6.07) is 8.76. The van der Waals surface area contributed by atoms with Gasteiger partial charge >= 0.3 is 0 Å². The van der Waals surface area contributed by atoms with Gasteiger partial charge in [-0.05, 0) is 19.9 Å². The molecule has 106 valence electrons. The van der Waals surface area contributed by atoms with Gasteiger partial charge in [0.15, 0.2) is 0 Å². The fourth-order valence-electron chi connectivity index (χ4n) is 2.28. The molecule has 6 nitrogen and oxygen atoms in total. The van der Waals surface area contributed by atoms with Crippen molar-refractivity contribution < 1.29 is 4.92 Å². The lowest BCUT2D eigenvalue weighted by molar-refractivity contribution is -0.385. The lowest BCUT2D eigenvalue weighted by Crippen LogP contribution is -2.33. The van der Waals surface area contributed by atoms with E-state index in [2.05, 4.69) is 10.4 Å². The Hall–Kier alpha value is -2.21. The van der Waals surface area contributed by atoms with E-state index in [0.29, 0.717) is 5.56 Å². The first-order valence-corrected chi connectivity index (χ1v) is 6.54. The van der Waals surface area contributed by atoms with Crippen LogP contribution in [0.15, 0.2) is 42.7 Å². The van der Waals surface area contributed by atoms with E-state index in [1.807, 2.05) is 36.9 Å². The summed E-state index contributed by atoms with van der Waals surface area (Å²) < 4.78 is 1.84. The highest BCUT2D eigenvalue weighted by Gasteiger charge is 2.19. The Morgan fingerprint density at radius 2 is 2.10 bits per heavy atom. The van der Waals surface area contributed by atoms with Gasteiger partial charge in [0.1, 0.15) is 0 Å². The summed E-state index contributed by atoms with van der Waals surface area (Å²) in [7, 11) is 0. The lowest BCUT2D eigenvalue weighted by atomic mass is 10.1. The average molecular weight is 274 g/mol. The van der Waals surface area contributed by atoms with Crippen LogP contribution < -0.4 is 5.32 Å². The number of nitrogens with zero attached hydrogens (tertiary/aromatic N) is 3. The Morgan fingerprint density at radius 1 is 1.35 bits per heavy atom. The predicted octanol–water partition coefficient (Wildman–Crippen LogP) is 2.53. The van der Waals surface area contributed by atoms with Gasteiger partial charge < -0.3 is 5.32 Å². The van der Waals surface area contributed by atoms with Gasteiger partial charge in [-0.15, -0.1) is 0 Å². The predicted molar refractivity (Wildman–Crippen MR) is 76.3 cm³/mol. The molecule has 1 N–H and O–H groups in total. The van der Waals surface area contributed by atoms with E-state index in [9.17, 15) is 10.1 Å². The number of rotatable bonds is 6.